The number of furan rings is 1. The van der Waals surface area contributed by atoms with Crippen LogP contribution < -0.4 is 0 Å². The Balaban J connectivity index is 2.48. The molecule has 2 rings (SSSR count). The van der Waals surface area contributed by atoms with Crippen LogP contribution in [-0.4, -0.2) is 21.3 Å². The summed E-state index contributed by atoms with van der Waals surface area (Å²) in [5.74, 6) is -0.403. The predicted molar refractivity (Wildman–Crippen MR) is 69.6 cm³/mol. The minimum absolute atomic E-state index is 0.0159. The van der Waals surface area contributed by atoms with Crippen LogP contribution in [0.25, 0.3) is 11.0 Å². The van der Waals surface area contributed by atoms with E-state index in [-0.39, 0.29) is 30.3 Å². The van der Waals surface area contributed by atoms with Crippen molar-refractivity contribution in [1.82, 2.24) is 0 Å². The van der Waals surface area contributed by atoms with Crippen LogP contribution >= 0.6 is 0 Å². The van der Waals surface area contributed by atoms with Gasteiger partial charge in [0.15, 0.2) is 5.75 Å². The maximum Gasteiger partial charge on any atom is 0.303 e. The van der Waals surface area contributed by atoms with Gasteiger partial charge in [-0.1, -0.05) is 13.8 Å². The van der Waals surface area contributed by atoms with Crippen molar-refractivity contribution in [3.63, 3.8) is 0 Å². The molecule has 0 aliphatic rings. The Morgan fingerprint density at radius 3 is 2.58 bits per heavy atom. The zero-order chi connectivity index (χ0) is 14.2. The number of aliphatic carboxylic acids is 1. The quantitative estimate of drug-likeness (QED) is 0.789. The Labute approximate surface area is 110 Å². The second kappa shape index (κ2) is 4.84. The number of benzene rings is 1. The van der Waals surface area contributed by atoms with E-state index in [4.69, 9.17) is 9.52 Å². The van der Waals surface area contributed by atoms with Gasteiger partial charge in [-0.2, -0.15) is 0 Å². The number of rotatable bonds is 4. The normalized spacial score (nSPS) is 11.3. The average molecular weight is 264 g/mol. The molecular weight excluding hydrogens is 248 g/mol. The number of fused-ring (bicyclic) bond motifs is 1. The Morgan fingerprint density at radius 1 is 1.32 bits per heavy atom. The average Bonchev–Trinajstić information content (AvgIpc) is 2.63. The van der Waals surface area contributed by atoms with Crippen LogP contribution in [0, 0.1) is 0 Å². The molecule has 0 radical (unpaired) electrons. The van der Waals surface area contributed by atoms with E-state index in [0.29, 0.717) is 22.3 Å². The van der Waals surface area contributed by atoms with Gasteiger partial charge < -0.3 is 19.7 Å². The molecule has 0 amide bonds. The van der Waals surface area contributed by atoms with Gasteiger partial charge in [0.25, 0.3) is 0 Å². The zero-order valence-corrected chi connectivity index (χ0v) is 10.8. The lowest BCUT2D eigenvalue weighted by molar-refractivity contribution is -0.136. The lowest BCUT2D eigenvalue weighted by Crippen LogP contribution is -1.97. The number of aromatic hydroxyl groups is 2. The largest absolute Gasteiger partial charge is 0.508 e. The summed E-state index contributed by atoms with van der Waals surface area (Å²) in [5, 5.41) is 29.0. The molecule has 102 valence electrons. The molecule has 5 heteroatoms. The first-order valence-electron chi connectivity index (χ1n) is 6.09. The standard InChI is InChI=1S/C14H16O5/c1-7(2)14-13(18)9-5-8(3-4-12(16)17)10(15)6-11(9)19-14/h5-7,15,18H,3-4H2,1-2H3,(H,16,17). The zero-order valence-electron chi connectivity index (χ0n) is 10.8. The van der Waals surface area contributed by atoms with Crippen molar-refractivity contribution in [2.45, 2.75) is 32.6 Å². The second-order valence-corrected chi connectivity index (χ2v) is 4.84. The fraction of sp³-hybridized carbons (Fsp3) is 0.357. The summed E-state index contributed by atoms with van der Waals surface area (Å²) in [6, 6.07) is 3.00. The van der Waals surface area contributed by atoms with Crippen LogP contribution in [0.15, 0.2) is 16.5 Å². The van der Waals surface area contributed by atoms with Crippen LogP contribution in [0.3, 0.4) is 0 Å². The third-order valence-corrected chi connectivity index (χ3v) is 3.02. The van der Waals surface area contributed by atoms with Crippen molar-refractivity contribution in [3.8, 4) is 11.5 Å². The molecule has 0 atom stereocenters. The van der Waals surface area contributed by atoms with E-state index in [0.717, 1.165) is 0 Å². The smallest absolute Gasteiger partial charge is 0.303 e. The van der Waals surface area contributed by atoms with Gasteiger partial charge in [0, 0.05) is 18.4 Å². The summed E-state index contributed by atoms with van der Waals surface area (Å²) in [6.07, 6.45) is 0.132. The molecule has 0 fully saturated rings. The number of aryl methyl sites for hydroxylation is 1. The lowest BCUT2D eigenvalue weighted by Gasteiger charge is -2.02. The van der Waals surface area contributed by atoms with Crippen molar-refractivity contribution >= 4 is 16.9 Å². The maximum atomic E-state index is 10.6. The molecule has 0 spiro atoms. The van der Waals surface area contributed by atoms with Crippen LogP contribution in [0.2, 0.25) is 0 Å². The van der Waals surface area contributed by atoms with E-state index < -0.39 is 5.97 Å². The molecule has 0 saturated heterocycles. The van der Waals surface area contributed by atoms with Crippen molar-refractivity contribution in [2.75, 3.05) is 0 Å². The lowest BCUT2D eigenvalue weighted by atomic mass is 10.0. The van der Waals surface area contributed by atoms with Gasteiger partial charge in [-0.3, -0.25) is 4.79 Å². The van der Waals surface area contributed by atoms with Crippen molar-refractivity contribution in [2.24, 2.45) is 0 Å². The maximum absolute atomic E-state index is 10.6. The summed E-state index contributed by atoms with van der Waals surface area (Å²) in [7, 11) is 0. The number of phenols is 1. The van der Waals surface area contributed by atoms with E-state index in [1.165, 1.54) is 6.07 Å². The van der Waals surface area contributed by atoms with Gasteiger partial charge >= 0.3 is 5.97 Å². The van der Waals surface area contributed by atoms with E-state index >= 15 is 0 Å². The monoisotopic (exact) mass is 264 g/mol. The van der Waals surface area contributed by atoms with Crippen molar-refractivity contribution in [1.29, 1.82) is 0 Å². The summed E-state index contributed by atoms with van der Waals surface area (Å²) in [6.45, 7) is 3.78. The Hall–Kier alpha value is -2.17. The summed E-state index contributed by atoms with van der Waals surface area (Å²) >= 11 is 0. The third kappa shape index (κ3) is 2.50. The highest BCUT2D eigenvalue weighted by Gasteiger charge is 2.18. The first kappa shape index (κ1) is 13.3. The fourth-order valence-electron chi connectivity index (χ4n) is 2.02. The Bertz CT molecular complexity index is 624. The predicted octanol–water partition coefficient (Wildman–Crippen LogP) is 2.98. The molecule has 3 N–H and O–H groups in total. The number of carboxylic acids is 1. The topological polar surface area (TPSA) is 90.9 Å². The summed E-state index contributed by atoms with van der Waals surface area (Å²) in [5.41, 5.74) is 0.888. The summed E-state index contributed by atoms with van der Waals surface area (Å²) in [4.78, 5) is 10.6. The first-order valence-corrected chi connectivity index (χ1v) is 6.09. The summed E-state index contributed by atoms with van der Waals surface area (Å²) < 4.78 is 5.50. The minimum atomic E-state index is -0.932. The first-order chi connectivity index (χ1) is 8.90. The van der Waals surface area contributed by atoms with E-state index in [1.807, 2.05) is 13.8 Å². The SMILES string of the molecule is CC(C)c1oc2cc(O)c(CCC(=O)O)cc2c1O. The fourth-order valence-corrected chi connectivity index (χ4v) is 2.02. The molecular formula is C14H16O5. The van der Waals surface area contributed by atoms with Gasteiger partial charge in [0.1, 0.15) is 17.1 Å². The van der Waals surface area contributed by atoms with Gasteiger partial charge in [0.2, 0.25) is 0 Å². The number of carboxylic acid groups (broad SMARTS) is 1. The van der Waals surface area contributed by atoms with E-state index in [9.17, 15) is 15.0 Å². The third-order valence-electron chi connectivity index (χ3n) is 3.02. The van der Waals surface area contributed by atoms with Crippen molar-refractivity contribution in [3.05, 3.63) is 23.5 Å². The van der Waals surface area contributed by atoms with E-state index in [1.54, 1.807) is 6.07 Å². The van der Waals surface area contributed by atoms with Crippen molar-refractivity contribution < 1.29 is 24.5 Å². The molecule has 19 heavy (non-hydrogen) atoms. The van der Waals surface area contributed by atoms with Crippen LogP contribution in [0.4, 0.5) is 0 Å². The Morgan fingerprint density at radius 2 is 2.00 bits per heavy atom. The molecule has 0 aliphatic carbocycles. The minimum Gasteiger partial charge on any atom is -0.508 e. The number of hydrogen-bond donors (Lipinski definition) is 3. The molecule has 1 aromatic carbocycles. The number of carbonyl (C=O) groups is 1. The van der Waals surface area contributed by atoms with Gasteiger partial charge in [-0.05, 0) is 18.1 Å². The number of phenolic OH excluding ortho intramolecular Hbond substituents is 1. The van der Waals surface area contributed by atoms with Crippen LogP contribution in [0.1, 0.15) is 37.5 Å². The van der Waals surface area contributed by atoms with Crippen LogP contribution in [0.5, 0.6) is 11.5 Å². The van der Waals surface area contributed by atoms with Gasteiger partial charge in [-0.25, -0.2) is 0 Å². The molecule has 0 bridgehead atoms. The second-order valence-electron chi connectivity index (χ2n) is 4.84. The highest BCUT2D eigenvalue weighted by Crippen LogP contribution is 2.39. The number of hydrogen-bond acceptors (Lipinski definition) is 4. The molecule has 0 aliphatic heterocycles. The molecule has 5 nitrogen and oxygen atoms in total. The van der Waals surface area contributed by atoms with Gasteiger partial charge in [-0.15, -0.1) is 0 Å². The molecule has 1 heterocycles. The molecule has 1 aromatic heterocycles. The van der Waals surface area contributed by atoms with E-state index in [2.05, 4.69) is 0 Å². The molecule has 0 unspecified atom stereocenters. The van der Waals surface area contributed by atoms with Crippen LogP contribution in [-0.2, 0) is 11.2 Å². The highest BCUT2D eigenvalue weighted by molar-refractivity contribution is 5.87. The highest BCUT2D eigenvalue weighted by atomic mass is 16.4. The molecule has 0 saturated carbocycles. The van der Waals surface area contributed by atoms with Gasteiger partial charge in [0.05, 0.1) is 5.39 Å². The Kier molecular flexibility index (Phi) is 3.38. The molecule has 2 aromatic rings.